The van der Waals surface area contributed by atoms with Crippen molar-refractivity contribution in [2.75, 3.05) is 6.54 Å². The van der Waals surface area contributed by atoms with E-state index in [4.69, 9.17) is 0 Å². The predicted octanol–water partition coefficient (Wildman–Crippen LogP) is 2.99. The second-order valence-electron chi connectivity index (χ2n) is 3.89. The molecule has 94 valence electrons. The van der Waals surface area contributed by atoms with E-state index >= 15 is 0 Å². The molecule has 1 aliphatic rings. The summed E-state index contributed by atoms with van der Waals surface area (Å²) in [5, 5.41) is 5.38. The van der Waals surface area contributed by atoms with E-state index in [0.29, 0.717) is 24.3 Å². The van der Waals surface area contributed by atoms with Crippen LogP contribution in [-0.2, 0) is 0 Å². The van der Waals surface area contributed by atoms with Gasteiger partial charge in [0.15, 0.2) is 0 Å². The molecule has 0 aromatic rings. The highest BCUT2D eigenvalue weighted by Gasteiger charge is 2.44. The Labute approximate surface area is 93.9 Å². The molecule has 0 spiro atoms. The monoisotopic (exact) mass is 237 g/mol. The summed E-state index contributed by atoms with van der Waals surface area (Å²) < 4.78 is 37.9. The lowest BCUT2D eigenvalue weighted by Crippen LogP contribution is -2.47. The Morgan fingerprint density at radius 1 is 1.25 bits per heavy atom. The first-order chi connectivity index (χ1) is 7.50. The zero-order chi connectivity index (χ0) is 12.2. The molecule has 0 bridgehead atoms. The first kappa shape index (κ1) is 13.1. The largest absolute Gasteiger partial charge is 0.487 e. The third-order valence-electron chi connectivity index (χ3n) is 2.57. The summed E-state index contributed by atoms with van der Waals surface area (Å²) in [5.41, 5.74) is 0. The molecule has 0 fully saturated rings. The van der Waals surface area contributed by atoms with Crippen LogP contribution in [0.4, 0.5) is 13.2 Å². The lowest BCUT2D eigenvalue weighted by molar-refractivity contribution is -0.235. The first-order valence-electron chi connectivity index (χ1n) is 5.66. The summed E-state index contributed by atoms with van der Waals surface area (Å²) in [7, 11) is 0. The van der Waals surface area contributed by atoms with Crippen LogP contribution in [0.3, 0.4) is 0 Å². The zero-order valence-corrected chi connectivity index (χ0v) is 9.67. The van der Waals surface area contributed by atoms with Gasteiger partial charge < -0.3 is 0 Å². The molecular formula is C10H18F3N3. The van der Waals surface area contributed by atoms with Crippen LogP contribution >= 0.6 is 0 Å². The lowest BCUT2D eigenvalue weighted by atomic mass is 10.2. The molecule has 1 rings (SSSR count). The molecule has 0 aromatic carbocycles. The van der Waals surface area contributed by atoms with Crippen molar-refractivity contribution < 1.29 is 13.2 Å². The number of hydrogen-bond donors (Lipinski definition) is 0. The highest BCUT2D eigenvalue weighted by molar-refractivity contribution is 5.57. The highest BCUT2D eigenvalue weighted by atomic mass is 19.4. The Kier molecular flexibility index (Phi) is 4.44. The Hall–Kier alpha value is -0.940. The van der Waals surface area contributed by atoms with Gasteiger partial charge in [-0.3, -0.25) is 9.91 Å². The Morgan fingerprint density at radius 3 is 2.44 bits per heavy atom. The molecule has 0 amide bonds. The zero-order valence-electron chi connectivity index (χ0n) is 9.67. The van der Waals surface area contributed by atoms with Crippen LogP contribution in [0.5, 0.6) is 0 Å². The van der Waals surface area contributed by atoms with Gasteiger partial charge in [0, 0.05) is 6.54 Å². The van der Waals surface area contributed by atoms with Crippen molar-refractivity contribution in [1.82, 2.24) is 9.91 Å². The van der Waals surface area contributed by atoms with Crippen LogP contribution in [0.25, 0.3) is 0 Å². The van der Waals surface area contributed by atoms with Crippen LogP contribution in [0.2, 0.25) is 0 Å². The van der Waals surface area contributed by atoms with Crippen LogP contribution in [0.1, 0.15) is 39.5 Å². The summed E-state index contributed by atoms with van der Waals surface area (Å²) in [6.45, 7) is 4.48. The van der Waals surface area contributed by atoms with Gasteiger partial charge in [0.2, 0.25) is 0 Å². The van der Waals surface area contributed by atoms with E-state index in [1.165, 1.54) is 0 Å². The average Bonchev–Trinajstić information content (AvgIpc) is 2.58. The third-order valence-corrected chi connectivity index (χ3v) is 2.57. The smallest absolute Gasteiger partial charge is 0.273 e. The van der Waals surface area contributed by atoms with Crippen LogP contribution < -0.4 is 0 Å². The van der Waals surface area contributed by atoms with Crippen LogP contribution in [-0.4, -0.2) is 35.3 Å². The number of halogens is 3. The molecule has 6 heteroatoms. The van der Waals surface area contributed by atoms with Gasteiger partial charge in [-0.15, -0.1) is 13.2 Å². The van der Waals surface area contributed by atoms with Crippen molar-refractivity contribution in [3.63, 3.8) is 0 Å². The molecule has 1 unspecified atom stereocenters. The number of rotatable bonds is 5. The van der Waals surface area contributed by atoms with Gasteiger partial charge >= 0.3 is 6.30 Å². The van der Waals surface area contributed by atoms with E-state index in [0.717, 1.165) is 19.2 Å². The van der Waals surface area contributed by atoms with Gasteiger partial charge in [-0.2, -0.15) is 5.10 Å². The second kappa shape index (κ2) is 5.41. The second-order valence-corrected chi connectivity index (χ2v) is 3.89. The molecule has 0 saturated carbocycles. The maximum absolute atomic E-state index is 12.6. The molecule has 1 atom stereocenters. The van der Waals surface area contributed by atoms with Crippen LogP contribution in [0, 0.1) is 0 Å². The van der Waals surface area contributed by atoms with Crippen LogP contribution in [0.15, 0.2) is 5.10 Å². The van der Waals surface area contributed by atoms with E-state index in [9.17, 15) is 13.2 Å². The molecule has 0 aliphatic carbocycles. The predicted molar refractivity (Wildman–Crippen MR) is 56.7 cm³/mol. The lowest BCUT2D eigenvalue weighted by Gasteiger charge is -2.31. The molecule has 1 aliphatic heterocycles. The van der Waals surface area contributed by atoms with Crippen molar-refractivity contribution >= 4 is 6.34 Å². The van der Waals surface area contributed by atoms with E-state index in [1.807, 2.05) is 13.8 Å². The first-order valence-corrected chi connectivity index (χ1v) is 5.66. The standard InChI is InChI=1S/C10H18F3N3/c1-3-5-7-16-9(6-4-2)15(8-14-16)10(11,12)13/h8-9H,3-7H2,1-2H3. The summed E-state index contributed by atoms with van der Waals surface area (Å²) >= 11 is 0. The minimum absolute atomic E-state index is 0.395. The Morgan fingerprint density at radius 2 is 1.94 bits per heavy atom. The number of hydrogen-bond acceptors (Lipinski definition) is 3. The summed E-state index contributed by atoms with van der Waals surface area (Å²) in [4.78, 5) is 0.395. The molecule has 0 aromatic heterocycles. The summed E-state index contributed by atoms with van der Waals surface area (Å²) in [5.74, 6) is 0. The fourth-order valence-electron chi connectivity index (χ4n) is 1.73. The number of nitrogens with zero attached hydrogens (tertiary/aromatic N) is 3. The van der Waals surface area contributed by atoms with E-state index in [2.05, 4.69) is 5.10 Å². The maximum Gasteiger partial charge on any atom is 0.487 e. The van der Waals surface area contributed by atoms with Gasteiger partial charge in [-0.05, 0) is 12.8 Å². The SMILES string of the molecule is CCCCN1N=CN(C(F)(F)F)C1CCC. The van der Waals surface area contributed by atoms with Crippen molar-refractivity contribution in [2.45, 2.75) is 52.0 Å². The minimum atomic E-state index is -4.33. The molecule has 0 N–H and O–H groups in total. The Bertz CT molecular complexity index is 240. The van der Waals surface area contributed by atoms with Gasteiger partial charge in [0.05, 0.1) is 0 Å². The van der Waals surface area contributed by atoms with Crippen molar-refractivity contribution in [1.29, 1.82) is 0 Å². The molecule has 3 nitrogen and oxygen atoms in total. The summed E-state index contributed by atoms with van der Waals surface area (Å²) in [6.07, 6.45) is -1.08. The minimum Gasteiger partial charge on any atom is -0.273 e. The van der Waals surface area contributed by atoms with Crippen molar-refractivity contribution in [2.24, 2.45) is 5.10 Å². The number of alkyl halides is 3. The molecule has 16 heavy (non-hydrogen) atoms. The van der Waals surface area contributed by atoms with Crippen molar-refractivity contribution in [3.8, 4) is 0 Å². The maximum atomic E-state index is 12.6. The third kappa shape index (κ3) is 3.02. The summed E-state index contributed by atoms with van der Waals surface area (Å²) in [6, 6.07) is 0. The molecule has 0 radical (unpaired) electrons. The van der Waals surface area contributed by atoms with E-state index in [-0.39, 0.29) is 0 Å². The van der Waals surface area contributed by atoms with Gasteiger partial charge in [-0.25, -0.2) is 0 Å². The Balaban J connectivity index is 2.65. The average molecular weight is 237 g/mol. The van der Waals surface area contributed by atoms with E-state index in [1.54, 1.807) is 5.01 Å². The van der Waals surface area contributed by atoms with Crippen molar-refractivity contribution in [3.05, 3.63) is 0 Å². The van der Waals surface area contributed by atoms with Gasteiger partial charge in [0.25, 0.3) is 0 Å². The highest BCUT2D eigenvalue weighted by Crippen LogP contribution is 2.29. The molecule has 0 saturated heterocycles. The molecular weight excluding hydrogens is 219 g/mol. The van der Waals surface area contributed by atoms with Gasteiger partial charge in [-0.1, -0.05) is 26.7 Å². The van der Waals surface area contributed by atoms with E-state index < -0.39 is 12.5 Å². The van der Waals surface area contributed by atoms with Gasteiger partial charge in [0.1, 0.15) is 12.5 Å². The normalized spacial score (nSPS) is 20.9. The topological polar surface area (TPSA) is 18.8 Å². The fraction of sp³-hybridized carbons (Fsp3) is 0.900. The fourth-order valence-corrected chi connectivity index (χ4v) is 1.73. The number of unbranched alkanes of at least 4 members (excludes halogenated alkanes) is 1. The molecule has 1 heterocycles. The quantitative estimate of drug-likeness (QED) is 0.684. The number of hydrazone groups is 1.